The van der Waals surface area contributed by atoms with Crippen LogP contribution in [0.2, 0.25) is 0 Å². The number of rotatable bonds is 3. The topological polar surface area (TPSA) is 76.4 Å². The van der Waals surface area contributed by atoms with Gasteiger partial charge in [0.2, 0.25) is 0 Å². The molecule has 0 amide bonds. The fourth-order valence-electron chi connectivity index (χ4n) is 2.25. The van der Waals surface area contributed by atoms with Crippen molar-refractivity contribution in [2.75, 3.05) is 0 Å². The summed E-state index contributed by atoms with van der Waals surface area (Å²) in [5.41, 5.74) is -0.156. The smallest absolute Gasteiger partial charge is 0.337 e. The lowest BCUT2D eigenvalue weighted by atomic mass is 10.2. The summed E-state index contributed by atoms with van der Waals surface area (Å²) >= 11 is 0. The van der Waals surface area contributed by atoms with Gasteiger partial charge in [0.1, 0.15) is 5.82 Å². The SMILES string of the molecule is O=C(O)c1cn(S(=O)(=O)c2ccccc2)c2ccc(F)cc12. The Morgan fingerprint density at radius 2 is 1.77 bits per heavy atom. The van der Waals surface area contributed by atoms with E-state index in [1.165, 1.54) is 18.2 Å². The molecular weight excluding hydrogens is 309 g/mol. The summed E-state index contributed by atoms with van der Waals surface area (Å²) < 4.78 is 39.5. The highest BCUT2D eigenvalue weighted by Crippen LogP contribution is 2.26. The molecule has 2 aromatic carbocycles. The van der Waals surface area contributed by atoms with Gasteiger partial charge in [0.05, 0.1) is 16.0 Å². The molecule has 5 nitrogen and oxygen atoms in total. The number of nitrogens with zero attached hydrogens (tertiary/aromatic N) is 1. The number of carbonyl (C=O) groups is 1. The summed E-state index contributed by atoms with van der Waals surface area (Å²) in [6.45, 7) is 0. The normalized spacial score (nSPS) is 11.7. The second-order valence-electron chi connectivity index (χ2n) is 4.62. The number of hydrogen-bond acceptors (Lipinski definition) is 3. The Morgan fingerprint density at radius 1 is 1.09 bits per heavy atom. The lowest BCUT2D eigenvalue weighted by Gasteiger charge is -2.07. The number of benzene rings is 2. The van der Waals surface area contributed by atoms with E-state index >= 15 is 0 Å². The third kappa shape index (κ3) is 2.15. The van der Waals surface area contributed by atoms with Crippen LogP contribution in [0.1, 0.15) is 10.4 Å². The lowest BCUT2D eigenvalue weighted by Crippen LogP contribution is -2.11. The maximum atomic E-state index is 13.4. The molecule has 3 aromatic rings. The van der Waals surface area contributed by atoms with E-state index in [4.69, 9.17) is 0 Å². The first-order chi connectivity index (χ1) is 10.4. The first kappa shape index (κ1) is 14.3. The molecule has 0 saturated carbocycles. The van der Waals surface area contributed by atoms with Crippen molar-refractivity contribution in [3.8, 4) is 0 Å². The number of halogens is 1. The molecule has 112 valence electrons. The molecule has 0 fully saturated rings. The number of aromatic carboxylic acids is 1. The van der Waals surface area contributed by atoms with E-state index < -0.39 is 21.8 Å². The Balaban J connectivity index is 2.35. The molecule has 1 N–H and O–H groups in total. The summed E-state index contributed by atoms with van der Waals surface area (Å²) in [5, 5.41) is 9.23. The van der Waals surface area contributed by atoms with Crippen LogP contribution >= 0.6 is 0 Å². The largest absolute Gasteiger partial charge is 0.478 e. The van der Waals surface area contributed by atoms with Crippen LogP contribution in [-0.4, -0.2) is 23.5 Å². The van der Waals surface area contributed by atoms with Crippen LogP contribution < -0.4 is 0 Å². The third-order valence-corrected chi connectivity index (χ3v) is 4.95. The Kier molecular flexibility index (Phi) is 3.22. The van der Waals surface area contributed by atoms with Gasteiger partial charge in [-0.05, 0) is 30.3 Å². The highest BCUT2D eigenvalue weighted by atomic mass is 32.2. The Hall–Kier alpha value is -2.67. The molecule has 7 heteroatoms. The molecule has 0 radical (unpaired) electrons. The molecule has 0 spiro atoms. The lowest BCUT2D eigenvalue weighted by molar-refractivity contribution is 0.0699. The maximum Gasteiger partial charge on any atom is 0.337 e. The van der Waals surface area contributed by atoms with Gasteiger partial charge in [-0.15, -0.1) is 0 Å². The molecule has 0 aliphatic heterocycles. The van der Waals surface area contributed by atoms with Crippen molar-refractivity contribution in [2.45, 2.75) is 4.90 Å². The molecule has 0 aliphatic carbocycles. The van der Waals surface area contributed by atoms with Crippen molar-refractivity contribution in [3.05, 3.63) is 66.1 Å². The van der Waals surface area contributed by atoms with Gasteiger partial charge in [-0.2, -0.15) is 0 Å². The second kappa shape index (κ2) is 4.96. The van der Waals surface area contributed by atoms with Crippen LogP contribution in [0, 0.1) is 5.82 Å². The summed E-state index contributed by atoms with van der Waals surface area (Å²) in [6, 6.07) is 11.0. The van der Waals surface area contributed by atoms with E-state index in [0.29, 0.717) is 0 Å². The highest BCUT2D eigenvalue weighted by molar-refractivity contribution is 7.90. The fourth-order valence-corrected chi connectivity index (χ4v) is 3.64. The minimum absolute atomic E-state index is 0.0214. The van der Waals surface area contributed by atoms with Crippen LogP contribution in [0.3, 0.4) is 0 Å². The quantitative estimate of drug-likeness (QED) is 0.805. The summed E-state index contributed by atoms with van der Waals surface area (Å²) in [5.74, 6) is -1.96. The first-order valence-corrected chi connectivity index (χ1v) is 7.70. The van der Waals surface area contributed by atoms with E-state index in [-0.39, 0.29) is 21.4 Å². The number of aromatic nitrogens is 1. The van der Waals surface area contributed by atoms with Crippen LogP contribution in [0.4, 0.5) is 4.39 Å². The predicted octanol–water partition coefficient (Wildman–Crippen LogP) is 2.72. The zero-order valence-corrected chi connectivity index (χ0v) is 11.9. The minimum atomic E-state index is -3.96. The van der Waals surface area contributed by atoms with Crippen LogP contribution in [0.5, 0.6) is 0 Å². The molecular formula is C15H10FNO4S. The van der Waals surface area contributed by atoms with Crippen molar-refractivity contribution < 1.29 is 22.7 Å². The maximum absolute atomic E-state index is 13.4. The highest BCUT2D eigenvalue weighted by Gasteiger charge is 2.23. The second-order valence-corrected chi connectivity index (χ2v) is 6.44. The zero-order valence-electron chi connectivity index (χ0n) is 11.1. The van der Waals surface area contributed by atoms with E-state index in [1.54, 1.807) is 18.2 Å². The summed E-state index contributed by atoms with van der Waals surface area (Å²) in [4.78, 5) is 11.3. The minimum Gasteiger partial charge on any atom is -0.478 e. The third-order valence-electron chi connectivity index (χ3n) is 3.26. The van der Waals surface area contributed by atoms with Gasteiger partial charge in [0.15, 0.2) is 0 Å². The predicted molar refractivity (Wildman–Crippen MR) is 77.9 cm³/mol. The van der Waals surface area contributed by atoms with Crippen molar-refractivity contribution in [1.82, 2.24) is 3.97 Å². The van der Waals surface area contributed by atoms with Gasteiger partial charge >= 0.3 is 5.97 Å². The van der Waals surface area contributed by atoms with Gasteiger partial charge in [0.25, 0.3) is 10.0 Å². The molecule has 0 atom stereocenters. The Morgan fingerprint density at radius 3 is 2.41 bits per heavy atom. The first-order valence-electron chi connectivity index (χ1n) is 6.26. The van der Waals surface area contributed by atoms with Gasteiger partial charge in [-0.25, -0.2) is 21.6 Å². The summed E-state index contributed by atoms with van der Waals surface area (Å²) in [6.07, 6.45) is 0.995. The van der Waals surface area contributed by atoms with Crippen molar-refractivity contribution in [3.63, 3.8) is 0 Å². The molecule has 1 heterocycles. The zero-order chi connectivity index (χ0) is 15.9. The van der Waals surface area contributed by atoms with Crippen molar-refractivity contribution >= 4 is 26.9 Å². The summed E-state index contributed by atoms with van der Waals surface area (Å²) in [7, 11) is -3.96. The standard InChI is InChI=1S/C15H10FNO4S/c16-10-6-7-14-12(8-10)13(15(18)19)9-17(14)22(20,21)11-4-2-1-3-5-11/h1-9H,(H,18,19). The van der Waals surface area contributed by atoms with Gasteiger partial charge in [-0.3, -0.25) is 0 Å². The Labute approximate surface area is 125 Å². The van der Waals surface area contributed by atoms with Crippen molar-refractivity contribution in [2.24, 2.45) is 0 Å². The monoisotopic (exact) mass is 319 g/mol. The van der Waals surface area contributed by atoms with Crippen molar-refractivity contribution in [1.29, 1.82) is 0 Å². The van der Waals surface area contributed by atoms with Crippen LogP contribution in [-0.2, 0) is 10.0 Å². The number of hydrogen-bond donors (Lipinski definition) is 1. The van der Waals surface area contributed by atoms with E-state index in [1.807, 2.05) is 0 Å². The van der Waals surface area contributed by atoms with Gasteiger partial charge in [-0.1, -0.05) is 18.2 Å². The van der Waals surface area contributed by atoms with Crippen LogP contribution in [0.15, 0.2) is 59.6 Å². The molecule has 0 saturated heterocycles. The Bertz CT molecular complexity index is 977. The van der Waals surface area contributed by atoms with E-state index in [9.17, 15) is 22.7 Å². The number of carboxylic acid groups (broad SMARTS) is 1. The average molecular weight is 319 g/mol. The number of carboxylic acids is 1. The molecule has 1 aromatic heterocycles. The molecule has 22 heavy (non-hydrogen) atoms. The number of fused-ring (bicyclic) bond motifs is 1. The van der Waals surface area contributed by atoms with E-state index in [2.05, 4.69) is 0 Å². The molecule has 3 rings (SSSR count). The molecule has 0 unspecified atom stereocenters. The molecule has 0 aliphatic rings. The van der Waals surface area contributed by atoms with Gasteiger partial charge < -0.3 is 5.11 Å². The molecule has 0 bridgehead atoms. The van der Waals surface area contributed by atoms with Crippen LogP contribution in [0.25, 0.3) is 10.9 Å². The van der Waals surface area contributed by atoms with Gasteiger partial charge in [0, 0.05) is 11.6 Å². The fraction of sp³-hybridized carbons (Fsp3) is 0. The van der Waals surface area contributed by atoms with E-state index in [0.717, 1.165) is 22.3 Å². The average Bonchev–Trinajstić information content (AvgIpc) is 2.87.